The minimum Gasteiger partial charge on any atom is -0.368 e. The zero-order valence-electron chi connectivity index (χ0n) is 11.8. The molecule has 0 bridgehead atoms. The zero-order valence-corrected chi connectivity index (χ0v) is 12.6. The molecule has 0 atom stereocenters. The van der Waals surface area contributed by atoms with Crippen LogP contribution in [0.1, 0.15) is 23.2 Å². The molecule has 3 nitrogen and oxygen atoms in total. The standard InChI is InChI=1S/C15H21N3S/c1-4-16-9-15-17-13(11-19-15)10-18(3)14-8-6-5-7-12(14)2/h5-8,11,16H,4,9-10H2,1-3H3. The molecule has 0 unspecified atom stereocenters. The number of thiazole rings is 1. The Morgan fingerprint density at radius 2 is 2.11 bits per heavy atom. The topological polar surface area (TPSA) is 28.2 Å². The Balaban J connectivity index is 2.01. The fourth-order valence-electron chi connectivity index (χ4n) is 2.05. The second-order valence-corrected chi connectivity index (χ2v) is 5.60. The second-order valence-electron chi connectivity index (χ2n) is 4.66. The van der Waals surface area contributed by atoms with Crippen molar-refractivity contribution in [3.05, 3.63) is 45.9 Å². The van der Waals surface area contributed by atoms with Crippen LogP contribution in [0.5, 0.6) is 0 Å². The molecule has 0 aliphatic rings. The highest BCUT2D eigenvalue weighted by atomic mass is 32.1. The van der Waals surface area contributed by atoms with Crippen LogP contribution in [0.2, 0.25) is 0 Å². The summed E-state index contributed by atoms with van der Waals surface area (Å²) in [5.74, 6) is 0. The quantitative estimate of drug-likeness (QED) is 0.877. The fraction of sp³-hybridized carbons (Fsp3) is 0.400. The largest absolute Gasteiger partial charge is 0.368 e. The van der Waals surface area contributed by atoms with E-state index in [1.165, 1.54) is 11.3 Å². The predicted molar refractivity (Wildman–Crippen MR) is 82.8 cm³/mol. The van der Waals surface area contributed by atoms with Crippen molar-refractivity contribution in [1.29, 1.82) is 0 Å². The molecule has 2 aromatic rings. The third-order valence-corrected chi connectivity index (χ3v) is 3.95. The lowest BCUT2D eigenvalue weighted by Gasteiger charge is -2.20. The van der Waals surface area contributed by atoms with Crippen molar-refractivity contribution in [2.24, 2.45) is 0 Å². The molecule has 102 valence electrons. The van der Waals surface area contributed by atoms with Gasteiger partial charge in [0, 0.05) is 24.7 Å². The van der Waals surface area contributed by atoms with Gasteiger partial charge in [0.25, 0.3) is 0 Å². The minimum atomic E-state index is 0.855. The van der Waals surface area contributed by atoms with Gasteiger partial charge in [-0.05, 0) is 25.1 Å². The van der Waals surface area contributed by atoms with Gasteiger partial charge in [-0.2, -0.15) is 0 Å². The van der Waals surface area contributed by atoms with Crippen LogP contribution >= 0.6 is 11.3 Å². The first kappa shape index (κ1) is 14.0. The van der Waals surface area contributed by atoms with Gasteiger partial charge in [0.15, 0.2) is 0 Å². The Morgan fingerprint density at radius 3 is 2.84 bits per heavy atom. The van der Waals surface area contributed by atoms with Crippen molar-refractivity contribution in [3.8, 4) is 0 Å². The minimum absolute atomic E-state index is 0.855. The molecular weight excluding hydrogens is 254 g/mol. The van der Waals surface area contributed by atoms with E-state index in [2.05, 4.69) is 65.7 Å². The molecule has 19 heavy (non-hydrogen) atoms. The fourth-order valence-corrected chi connectivity index (χ4v) is 2.81. The molecule has 0 spiro atoms. The Labute approximate surface area is 119 Å². The normalized spacial score (nSPS) is 10.7. The average molecular weight is 275 g/mol. The first-order valence-electron chi connectivity index (χ1n) is 6.61. The van der Waals surface area contributed by atoms with Crippen LogP contribution < -0.4 is 10.2 Å². The van der Waals surface area contributed by atoms with Crippen molar-refractivity contribution in [2.75, 3.05) is 18.5 Å². The maximum atomic E-state index is 4.66. The van der Waals surface area contributed by atoms with Crippen LogP contribution in [0.4, 0.5) is 5.69 Å². The Hall–Kier alpha value is -1.39. The van der Waals surface area contributed by atoms with Gasteiger partial charge in [0.2, 0.25) is 0 Å². The number of aromatic nitrogens is 1. The van der Waals surface area contributed by atoms with Crippen molar-refractivity contribution in [2.45, 2.75) is 26.9 Å². The summed E-state index contributed by atoms with van der Waals surface area (Å²) in [5.41, 5.74) is 3.71. The third kappa shape index (κ3) is 3.78. The van der Waals surface area contributed by atoms with Crippen molar-refractivity contribution in [3.63, 3.8) is 0 Å². The Bertz CT molecular complexity index is 522. The number of nitrogens with zero attached hydrogens (tertiary/aromatic N) is 2. The van der Waals surface area contributed by atoms with Crippen LogP contribution in [-0.4, -0.2) is 18.6 Å². The maximum Gasteiger partial charge on any atom is 0.107 e. The van der Waals surface area contributed by atoms with Gasteiger partial charge < -0.3 is 10.2 Å². The molecule has 2 rings (SSSR count). The molecule has 1 aromatic heterocycles. The predicted octanol–water partition coefficient (Wildman–Crippen LogP) is 3.20. The molecule has 0 saturated heterocycles. The number of nitrogens with one attached hydrogen (secondary N) is 1. The second kappa shape index (κ2) is 6.68. The third-order valence-electron chi connectivity index (χ3n) is 3.05. The van der Waals surface area contributed by atoms with Crippen LogP contribution in [-0.2, 0) is 13.1 Å². The smallest absolute Gasteiger partial charge is 0.107 e. The number of para-hydroxylation sites is 1. The van der Waals surface area contributed by atoms with Gasteiger partial charge in [-0.25, -0.2) is 4.98 Å². The summed E-state index contributed by atoms with van der Waals surface area (Å²) in [7, 11) is 2.12. The Morgan fingerprint density at radius 1 is 1.32 bits per heavy atom. The van der Waals surface area contributed by atoms with Crippen molar-refractivity contribution in [1.82, 2.24) is 10.3 Å². The highest BCUT2D eigenvalue weighted by Gasteiger charge is 2.07. The van der Waals surface area contributed by atoms with E-state index in [1.807, 2.05) is 0 Å². The molecular formula is C15H21N3S. The maximum absolute atomic E-state index is 4.66. The van der Waals surface area contributed by atoms with E-state index < -0.39 is 0 Å². The number of rotatable bonds is 6. The molecule has 0 radical (unpaired) electrons. The van der Waals surface area contributed by atoms with Gasteiger partial charge in [0.1, 0.15) is 5.01 Å². The summed E-state index contributed by atoms with van der Waals surface area (Å²) in [4.78, 5) is 6.91. The molecule has 4 heteroatoms. The van der Waals surface area contributed by atoms with E-state index in [4.69, 9.17) is 0 Å². The van der Waals surface area contributed by atoms with Crippen LogP contribution in [0.15, 0.2) is 29.6 Å². The summed E-state index contributed by atoms with van der Waals surface area (Å²) in [6, 6.07) is 8.45. The van der Waals surface area contributed by atoms with E-state index in [1.54, 1.807) is 11.3 Å². The lowest BCUT2D eigenvalue weighted by atomic mass is 10.2. The number of benzene rings is 1. The monoisotopic (exact) mass is 275 g/mol. The summed E-state index contributed by atoms with van der Waals surface area (Å²) < 4.78 is 0. The Kier molecular flexibility index (Phi) is 4.93. The van der Waals surface area contributed by atoms with Gasteiger partial charge in [-0.1, -0.05) is 25.1 Å². The average Bonchev–Trinajstić information content (AvgIpc) is 2.84. The summed E-state index contributed by atoms with van der Waals surface area (Å²) in [5, 5.41) is 6.62. The van der Waals surface area contributed by atoms with Gasteiger partial charge in [0.05, 0.1) is 12.2 Å². The van der Waals surface area contributed by atoms with E-state index in [9.17, 15) is 0 Å². The number of hydrogen-bond acceptors (Lipinski definition) is 4. The lowest BCUT2D eigenvalue weighted by Crippen LogP contribution is -2.18. The van der Waals surface area contributed by atoms with Crippen LogP contribution in [0, 0.1) is 6.92 Å². The molecule has 1 heterocycles. The lowest BCUT2D eigenvalue weighted by molar-refractivity contribution is 0.718. The van der Waals surface area contributed by atoms with Crippen molar-refractivity contribution < 1.29 is 0 Å². The molecule has 0 aliphatic carbocycles. The van der Waals surface area contributed by atoms with Gasteiger partial charge in [-0.3, -0.25) is 0 Å². The highest BCUT2D eigenvalue weighted by molar-refractivity contribution is 7.09. The molecule has 0 saturated carbocycles. The van der Waals surface area contributed by atoms with E-state index in [0.29, 0.717) is 0 Å². The van der Waals surface area contributed by atoms with Crippen LogP contribution in [0.25, 0.3) is 0 Å². The molecule has 0 fully saturated rings. The van der Waals surface area contributed by atoms with Gasteiger partial charge >= 0.3 is 0 Å². The molecule has 0 amide bonds. The highest BCUT2D eigenvalue weighted by Crippen LogP contribution is 2.20. The SMILES string of the molecule is CCNCc1nc(CN(C)c2ccccc2C)cs1. The first-order valence-corrected chi connectivity index (χ1v) is 7.49. The first-order chi connectivity index (χ1) is 9.20. The number of anilines is 1. The van der Waals surface area contributed by atoms with E-state index in [-0.39, 0.29) is 0 Å². The summed E-state index contributed by atoms with van der Waals surface area (Å²) in [6.07, 6.45) is 0. The van der Waals surface area contributed by atoms with Crippen LogP contribution in [0.3, 0.4) is 0 Å². The molecule has 1 N–H and O–H groups in total. The molecule has 1 aromatic carbocycles. The van der Waals surface area contributed by atoms with Gasteiger partial charge in [-0.15, -0.1) is 11.3 Å². The number of aryl methyl sites for hydroxylation is 1. The van der Waals surface area contributed by atoms with E-state index >= 15 is 0 Å². The van der Waals surface area contributed by atoms with E-state index in [0.717, 1.165) is 30.3 Å². The summed E-state index contributed by atoms with van der Waals surface area (Å²) in [6.45, 7) is 6.96. The summed E-state index contributed by atoms with van der Waals surface area (Å²) >= 11 is 1.73. The van der Waals surface area contributed by atoms with Crippen molar-refractivity contribution >= 4 is 17.0 Å². The molecule has 0 aliphatic heterocycles. The zero-order chi connectivity index (χ0) is 13.7. The number of hydrogen-bond donors (Lipinski definition) is 1.